The maximum atomic E-state index is 12.6. The average molecular weight is 270 g/mol. The van der Waals surface area contributed by atoms with E-state index in [1.807, 2.05) is 43.3 Å². The molecule has 0 radical (unpaired) electrons. The van der Waals surface area contributed by atoms with Crippen molar-refractivity contribution >= 4 is 16.6 Å². The van der Waals surface area contributed by atoms with Crippen LogP contribution in [-0.4, -0.2) is 25.1 Å². The largest absolute Gasteiger partial charge is 0.497 e. The first-order valence-corrected chi connectivity index (χ1v) is 6.89. The molecule has 3 rings (SSSR count). The first kappa shape index (κ1) is 13.1. The molecule has 1 aliphatic rings. The van der Waals surface area contributed by atoms with Crippen LogP contribution in [0.25, 0.3) is 10.8 Å². The van der Waals surface area contributed by atoms with Crippen LogP contribution < -0.4 is 4.74 Å². The van der Waals surface area contributed by atoms with Gasteiger partial charge in [-0.1, -0.05) is 18.2 Å². The molecule has 0 spiro atoms. The van der Waals surface area contributed by atoms with Gasteiger partial charge in [0.1, 0.15) is 11.4 Å². The van der Waals surface area contributed by atoms with Gasteiger partial charge in [0.15, 0.2) is 5.78 Å². The monoisotopic (exact) mass is 270 g/mol. The van der Waals surface area contributed by atoms with Gasteiger partial charge >= 0.3 is 0 Å². The van der Waals surface area contributed by atoms with Crippen molar-refractivity contribution < 1.29 is 14.3 Å². The van der Waals surface area contributed by atoms with Crippen molar-refractivity contribution in [3.63, 3.8) is 0 Å². The highest BCUT2D eigenvalue weighted by molar-refractivity contribution is 6.05. The van der Waals surface area contributed by atoms with Crippen LogP contribution in [-0.2, 0) is 4.74 Å². The van der Waals surface area contributed by atoms with E-state index in [-0.39, 0.29) is 5.78 Å². The fraction of sp³-hybridized carbons (Fsp3) is 0.353. The maximum absolute atomic E-state index is 12.6. The number of ether oxygens (including phenoxy) is 2. The second kappa shape index (κ2) is 4.91. The van der Waals surface area contributed by atoms with E-state index in [1.54, 1.807) is 7.11 Å². The van der Waals surface area contributed by atoms with Crippen molar-refractivity contribution in [2.75, 3.05) is 13.7 Å². The summed E-state index contributed by atoms with van der Waals surface area (Å²) in [5.41, 5.74) is 0.0622. The molecule has 20 heavy (non-hydrogen) atoms. The van der Waals surface area contributed by atoms with Crippen molar-refractivity contribution in [2.24, 2.45) is 0 Å². The first-order valence-electron chi connectivity index (χ1n) is 6.89. The lowest BCUT2D eigenvalue weighted by Crippen LogP contribution is -2.34. The van der Waals surface area contributed by atoms with Crippen LogP contribution in [0.15, 0.2) is 36.4 Å². The average Bonchev–Trinajstić information content (AvgIpc) is 2.93. The summed E-state index contributed by atoms with van der Waals surface area (Å²) in [6.07, 6.45) is 1.75. The molecule has 1 atom stereocenters. The van der Waals surface area contributed by atoms with E-state index < -0.39 is 5.60 Å². The Kier molecular flexibility index (Phi) is 3.22. The van der Waals surface area contributed by atoms with E-state index in [0.29, 0.717) is 12.2 Å². The Hall–Kier alpha value is -1.87. The number of carbonyl (C=O) groups is 1. The summed E-state index contributed by atoms with van der Waals surface area (Å²) in [6.45, 7) is 2.56. The molecule has 0 aromatic heterocycles. The highest BCUT2D eigenvalue weighted by Crippen LogP contribution is 2.30. The van der Waals surface area contributed by atoms with Crippen LogP contribution in [0.5, 0.6) is 5.75 Å². The molecule has 1 fully saturated rings. The molecule has 0 bridgehead atoms. The lowest BCUT2D eigenvalue weighted by Gasteiger charge is -2.21. The van der Waals surface area contributed by atoms with Gasteiger partial charge in [0.25, 0.3) is 0 Å². The van der Waals surface area contributed by atoms with Crippen molar-refractivity contribution in [2.45, 2.75) is 25.4 Å². The summed E-state index contributed by atoms with van der Waals surface area (Å²) in [5, 5.41) is 2.11. The normalized spacial score (nSPS) is 22.1. The summed E-state index contributed by atoms with van der Waals surface area (Å²) in [7, 11) is 1.65. The SMILES string of the molecule is COc1ccc2cc(C(=O)C3(C)CCCO3)ccc2c1. The fourth-order valence-corrected chi connectivity index (χ4v) is 2.76. The number of fused-ring (bicyclic) bond motifs is 1. The zero-order valence-corrected chi connectivity index (χ0v) is 11.8. The van der Waals surface area contributed by atoms with Crippen molar-refractivity contribution in [3.8, 4) is 5.75 Å². The Bertz CT molecular complexity index is 654. The van der Waals surface area contributed by atoms with Crippen LogP contribution in [0.3, 0.4) is 0 Å². The number of carbonyl (C=O) groups excluding carboxylic acids is 1. The second-order valence-electron chi connectivity index (χ2n) is 5.44. The van der Waals surface area contributed by atoms with Crippen molar-refractivity contribution in [1.29, 1.82) is 0 Å². The zero-order valence-electron chi connectivity index (χ0n) is 11.8. The Morgan fingerprint density at radius 2 is 1.95 bits per heavy atom. The Labute approximate surface area is 118 Å². The molecule has 2 aromatic rings. The van der Waals surface area contributed by atoms with E-state index in [1.165, 1.54) is 0 Å². The molecule has 1 aliphatic heterocycles. The number of hydrogen-bond donors (Lipinski definition) is 0. The summed E-state index contributed by atoms with van der Waals surface area (Å²) in [5.74, 6) is 0.899. The highest BCUT2D eigenvalue weighted by atomic mass is 16.5. The summed E-state index contributed by atoms with van der Waals surface area (Å²) in [6, 6.07) is 11.6. The van der Waals surface area contributed by atoms with Gasteiger partial charge < -0.3 is 9.47 Å². The molecule has 3 heteroatoms. The quantitative estimate of drug-likeness (QED) is 0.799. The van der Waals surface area contributed by atoms with E-state index >= 15 is 0 Å². The molecule has 1 unspecified atom stereocenters. The van der Waals surface area contributed by atoms with Gasteiger partial charge in [-0.25, -0.2) is 0 Å². The van der Waals surface area contributed by atoms with Crippen LogP contribution in [0.1, 0.15) is 30.1 Å². The summed E-state index contributed by atoms with van der Waals surface area (Å²) in [4.78, 5) is 12.6. The van der Waals surface area contributed by atoms with Crippen LogP contribution >= 0.6 is 0 Å². The Morgan fingerprint density at radius 3 is 2.65 bits per heavy atom. The molecule has 0 N–H and O–H groups in total. The number of rotatable bonds is 3. The third-order valence-electron chi connectivity index (χ3n) is 4.01. The van der Waals surface area contributed by atoms with E-state index in [0.717, 1.165) is 29.4 Å². The van der Waals surface area contributed by atoms with E-state index in [4.69, 9.17) is 9.47 Å². The minimum atomic E-state index is -0.653. The molecule has 2 aromatic carbocycles. The molecule has 3 nitrogen and oxygen atoms in total. The lowest BCUT2D eigenvalue weighted by atomic mass is 9.91. The molecule has 1 heterocycles. The fourth-order valence-electron chi connectivity index (χ4n) is 2.76. The topological polar surface area (TPSA) is 35.5 Å². The molecular formula is C17H18O3. The smallest absolute Gasteiger partial charge is 0.194 e. The van der Waals surface area contributed by atoms with Crippen LogP contribution in [0.4, 0.5) is 0 Å². The number of benzene rings is 2. The van der Waals surface area contributed by atoms with Crippen molar-refractivity contribution in [1.82, 2.24) is 0 Å². The van der Waals surface area contributed by atoms with Gasteiger partial charge in [-0.2, -0.15) is 0 Å². The minimum Gasteiger partial charge on any atom is -0.497 e. The second-order valence-corrected chi connectivity index (χ2v) is 5.44. The summed E-state index contributed by atoms with van der Waals surface area (Å²) >= 11 is 0. The molecule has 104 valence electrons. The number of ketones is 1. The number of methoxy groups -OCH3 is 1. The Balaban J connectivity index is 1.98. The van der Waals surface area contributed by atoms with Gasteiger partial charge in [-0.15, -0.1) is 0 Å². The van der Waals surface area contributed by atoms with E-state index in [2.05, 4.69) is 0 Å². The van der Waals surface area contributed by atoms with Crippen LogP contribution in [0, 0.1) is 0 Å². The van der Waals surface area contributed by atoms with Gasteiger partial charge in [0.05, 0.1) is 7.11 Å². The highest BCUT2D eigenvalue weighted by Gasteiger charge is 2.38. The van der Waals surface area contributed by atoms with Gasteiger partial charge in [-0.3, -0.25) is 4.79 Å². The van der Waals surface area contributed by atoms with Gasteiger partial charge in [0, 0.05) is 12.2 Å². The molecule has 0 aliphatic carbocycles. The lowest BCUT2D eigenvalue weighted by molar-refractivity contribution is 0.0213. The zero-order chi connectivity index (χ0) is 14.2. The molecule has 0 amide bonds. The molecular weight excluding hydrogens is 252 g/mol. The van der Waals surface area contributed by atoms with Crippen molar-refractivity contribution in [3.05, 3.63) is 42.0 Å². The van der Waals surface area contributed by atoms with E-state index in [9.17, 15) is 4.79 Å². The number of Topliss-reactive ketones (excluding diaryl/α,β-unsaturated/α-hetero) is 1. The third-order valence-corrected chi connectivity index (χ3v) is 4.01. The number of hydrogen-bond acceptors (Lipinski definition) is 3. The first-order chi connectivity index (χ1) is 9.62. The maximum Gasteiger partial charge on any atom is 0.194 e. The Morgan fingerprint density at radius 1 is 1.20 bits per heavy atom. The minimum absolute atomic E-state index is 0.0766. The van der Waals surface area contributed by atoms with Gasteiger partial charge in [0.2, 0.25) is 0 Å². The predicted octanol–water partition coefficient (Wildman–Crippen LogP) is 3.60. The van der Waals surface area contributed by atoms with Crippen LogP contribution in [0.2, 0.25) is 0 Å². The molecule has 0 saturated carbocycles. The standard InChI is InChI=1S/C17H18O3/c1-17(8-3-9-20-17)16(18)14-5-4-13-11-15(19-2)7-6-12(13)10-14/h4-7,10-11H,3,8-9H2,1-2H3. The predicted molar refractivity (Wildman–Crippen MR) is 78.4 cm³/mol. The molecule has 1 saturated heterocycles. The third kappa shape index (κ3) is 2.18. The van der Waals surface area contributed by atoms with Gasteiger partial charge in [-0.05, 0) is 48.7 Å². The summed E-state index contributed by atoms with van der Waals surface area (Å²) < 4.78 is 10.8.